The van der Waals surface area contributed by atoms with Crippen LogP contribution in [0.5, 0.6) is 0 Å². The van der Waals surface area contributed by atoms with Gasteiger partial charge in [-0.3, -0.25) is 4.79 Å². The normalized spacial score (nSPS) is 17.7. The molecule has 6 rings (SSSR count). The number of fused-ring (bicyclic) bond motifs is 2. The van der Waals surface area contributed by atoms with Crippen molar-refractivity contribution in [3.63, 3.8) is 0 Å². The molecule has 0 radical (unpaired) electrons. The van der Waals surface area contributed by atoms with Gasteiger partial charge in [0.25, 0.3) is 5.91 Å². The van der Waals surface area contributed by atoms with E-state index < -0.39 is 0 Å². The molecule has 0 bridgehead atoms. The molecule has 2 N–H and O–H groups in total. The summed E-state index contributed by atoms with van der Waals surface area (Å²) in [7, 11) is 0. The van der Waals surface area contributed by atoms with Gasteiger partial charge in [-0.05, 0) is 92.6 Å². The van der Waals surface area contributed by atoms with Gasteiger partial charge in [0.2, 0.25) is 0 Å². The van der Waals surface area contributed by atoms with Gasteiger partial charge >= 0.3 is 0 Å². The highest BCUT2D eigenvalue weighted by atomic mass is 16.2. The van der Waals surface area contributed by atoms with Crippen molar-refractivity contribution in [2.75, 3.05) is 13.1 Å². The third-order valence-electron chi connectivity index (χ3n) is 7.36. The number of nitrogens with zero attached hydrogens (tertiary/aromatic N) is 4. The zero-order valence-electron chi connectivity index (χ0n) is 20.5. The number of H-pyrrole nitrogens is 1. The van der Waals surface area contributed by atoms with Crippen LogP contribution in [-0.4, -0.2) is 43.8 Å². The summed E-state index contributed by atoms with van der Waals surface area (Å²) in [5.41, 5.74) is 9.68. The molecule has 2 aliphatic rings. The molecule has 7 heteroatoms. The lowest BCUT2D eigenvalue weighted by atomic mass is 9.87. The molecule has 178 valence electrons. The maximum Gasteiger partial charge on any atom is 0.272 e. The van der Waals surface area contributed by atoms with E-state index in [0.717, 1.165) is 41.7 Å². The molecule has 1 atom stereocenters. The van der Waals surface area contributed by atoms with E-state index in [1.807, 2.05) is 31.1 Å². The Balaban J connectivity index is 1.39. The molecular formula is C28H30N6O. The Kier molecular flexibility index (Phi) is 5.37. The molecule has 3 aromatic heterocycles. The van der Waals surface area contributed by atoms with Crippen LogP contribution in [0.1, 0.15) is 63.1 Å². The van der Waals surface area contributed by atoms with Crippen LogP contribution in [0.2, 0.25) is 0 Å². The first kappa shape index (κ1) is 21.9. The third-order valence-corrected chi connectivity index (χ3v) is 7.36. The number of aromatic amines is 1. The average molecular weight is 467 g/mol. The average Bonchev–Trinajstić information content (AvgIpc) is 3.52. The molecule has 1 saturated heterocycles. The van der Waals surface area contributed by atoms with Crippen LogP contribution < -0.4 is 5.32 Å². The van der Waals surface area contributed by atoms with E-state index in [1.54, 1.807) is 6.07 Å². The second kappa shape index (κ2) is 8.57. The van der Waals surface area contributed by atoms with Crippen molar-refractivity contribution >= 4 is 16.9 Å². The van der Waals surface area contributed by atoms with Gasteiger partial charge in [0, 0.05) is 48.2 Å². The maximum absolute atomic E-state index is 13.4. The van der Waals surface area contributed by atoms with Crippen molar-refractivity contribution < 1.29 is 4.79 Å². The number of nitrogens with one attached hydrogen (secondary N) is 2. The van der Waals surface area contributed by atoms with Crippen molar-refractivity contribution in [3.05, 3.63) is 76.1 Å². The van der Waals surface area contributed by atoms with E-state index in [2.05, 4.69) is 50.4 Å². The highest BCUT2D eigenvalue weighted by Gasteiger charge is 2.29. The van der Waals surface area contributed by atoms with Gasteiger partial charge in [-0.15, -0.1) is 0 Å². The van der Waals surface area contributed by atoms with Crippen LogP contribution in [0.3, 0.4) is 0 Å². The van der Waals surface area contributed by atoms with E-state index in [0.29, 0.717) is 30.6 Å². The SMILES string of the molecule is Cc1cc(C(=O)N2CCc3cc(-c4cnc5[nH]cc(C)c5c4)cc(C4CCCN4)c3C2)nc(C)n1. The smallest absolute Gasteiger partial charge is 0.272 e. The fraction of sp³-hybridized carbons (Fsp3) is 0.357. The Morgan fingerprint density at radius 3 is 2.77 bits per heavy atom. The van der Waals surface area contributed by atoms with Gasteiger partial charge in [-0.2, -0.15) is 0 Å². The van der Waals surface area contributed by atoms with Crippen molar-refractivity contribution in [1.82, 2.24) is 30.2 Å². The molecule has 1 fully saturated rings. The summed E-state index contributed by atoms with van der Waals surface area (Å²) in [5.74, 6) is 0.616. The topological polar surface area (TPSA) is 86.8 Å². The van der Waals surface area contributed by atoms with Crippen LogP contribution in [0, 0.1) is 20.8 Å². The van der Waals surface area contributed by atoms with Crippen LogP contribution in [0.25, 0.3) is 22.2 Å². The second-order valence-corrected chi connectivity index (χ2v) is 9.86. The number of aryl methyl sites for hydroxylation is 3. The van der Waals surface area contributed by atoms with E-state index in [1.165, 1.54) is 34.2 Å². The molecule has 2 aliphatic heterocycles. The molecule has 35 heavy (non-hydrogen) atoms. The Morgan fingerprint density at radius 2 is 1.97 bits per heavy atom. The van der Waals surface area contributed by atoms with Crippen LogP contribution in [-0.2, 0) is 13.0 Å². The van der Waals surface area contributed by atoms with E-state index in [-0.39, 0.29) is 5.91 Å². The number of carbonyl (C=O) groups excluding carboxylic acids is 1. The summed E-state index contributed by atoms with van der Waals surface area (Å²) >= 11 is 0. The molecule has 1 unspecified atom stereocenters. The van der Waals surface area contributed by atoms with E-state index in [9.17, 15) is 4.79 Å². The first-order chi connectivity index (χ1) is 17.0. The molecule has 4 aromatic rings. The number of pyridine rings is 1. The quantitative estimate of drug-likeness (QED) is 0.462. The molecule has 7 nitrogen and oxygen atoms in total. The molecule has 1 aromatic carbocycles. The second-order valence-electron chi connectivity index (χ2n) is 9.86. The monoisotopic (exact) mass is 466 g/mol. The summed E-state index contributed by atoms with van der Waals surface area (Å²) < 4.78 is 0. The van der Waals surface area contributed by atoms with Gasteiger partial charge in [-0.1, -0.05) is 6.07 Å². The number of rotatable bonds is 3. The first-order valence-corrected chi connectivity index (χ1v) is 12.4. The standard InChI is InChI=1S/C28H30N6O/c1-16-13-30-27-22(16)12-21(14-31-27)20-10-19-6-8-34(28(35)26-9-17(2)32-18(3)33-26)15-24(19)23(11-20)25-5-4-7-29-25/h9-14,25,29H,4-8,15H2,1-3H3,(H,30,31). The maximum atomic E-state index is 13.4. The summed E-state index contributed by atoms with van der Waals surface area (Å²) in [4.78, 5) is 32.0. The van der Waals surface area contributed by atoms with Crippen LogP contribution in [0.4, 0.5) is 0 Å². The molecule has 0 spiro atoms. The predicted molar refractivity (Wildman–Crippen MR) is 136 cm³/mol. The van der Waals surface area contributed by atoms with E-state index >= 15 is 0 Å². The highest BCUT2D eigenvalue weighted by Crippen LogP contribution is 2.36. The van der Waals surface area contributed by atoms with Crippen LogP contribution in [0.15, 0.2) is 36.7 Å². The number of carbonyl (C=O) groups is 1. The summed E-state index contributed by atoms with van der Waals surface area (Å²) in [6.45, 7) is 8.17. The molecule has 1 amide bonds. The van der Waals surface area contributed by atoms with Crippen LogP contribution >= 0.6 is 0 Å². The van der Waals surface area contributed by atoms with Gasteiger partial charge < -0.3 is 15.2 Å². The number of hydrogen-bond donors (Lipinski definition) is 2. The largest absolute Gasteiger partial charge is 0.346 e. The number of amides is 1. The van der Waals surface area contributed by atoms with Gasteiger partial charge in [-0.25, -0.2) is 15.0 Å². The minimum atomic E-state index is -0.0174. The number of aromatic nitrogens is 4. The highest BCUT2D eigenvalue weighted by molar-refractivity contribution is 5.92. The lowest BCUT2D eigenvalue weighted by Crippen LogP contribution is -2.37. The van der Waals surface area contributed by atoms with E-state index in [4.69, 9.17) is 0 Å². The van der Waals surface area contributed by atoms with Gasteiger partial charge in [0.05, 0.1) is 0 Å². The summed E-state index contributed by atoms with van der Waals surface area (Å²) in [5, 5.41) is 4.84. The molecular weight excluding hydrogens is 436 g/mol. The third kappa shape index (κ3) is 4.00. The Labute approximate surface area is 205 Å². The minimum Gasteiger partial charge on any atom is -0.346 e. The summed E-state index contributed by atoms with van der Waals surface area (Å²) in [6, 6.07) is 8.96. The zero-order chi connectivity index (χ0) is 24.1. The summed E-state index contributed by atoms with van der Waals surface area (Å²) in [6.07, 6.45) is 7.08. The van der Waals surface area contributed by atoms with Gasteiger partial charge in [0.1, 0.15) is 17.2 Å². The van der Waals surface area contributed by atoms with Crippen molar-refractivity contribution in [2.45, 2.75) is 52.6 Å². The Hall–Kier alpha value is -3.58. The molecule has 0 aliphatic carbocycles. The van der Waals surface area contributed by atoms with Crippen molar-refractivity contribution in [1.29, 1.82) is 0 Å². The minimum absolute atomic E-state index is 0.0174. The fourth-order valence-electron chi connectivity index (χ4n) is 5.58. The number of hydrogen-bond acceptors (Lipinski definition) is 5. The number of benzene rings is 1. The predicted octanol–water partition coefficient (Wildman–Crippen LogP) is 4.57. The van der Waals surface area contributed by atoms with Crippen molar-refractivity contribution in [3.8, 4) is 11.1 Å². The van der Waals surface area contributed by atoms with Crippen molar-refractivity contribution in [2.24, 2.45) is 0 Å². The molecule has 0 saturated carbocycles. The first-order valence-electron chi connectivity index (χ1n) is 12.4. The molecule has 5 heterocycles. The lowest BCUT2D eigenvalue weighted by Gasteiger charge is -2.32. The Bertz CT molecular complexity index is 1430. The fourth-order valence-corrected chi connectivity index (χ4v) is 5.58. The Morgan fingerprint density at radius 1 is 1.09 bits per heavy atom. The van der Waals surface area contributed by atoms with Gasteiger partial charge in [0.15, 0.2) is 0 Å². The zero-order valence-corrected chi connectivity index (χ0v) is 20.5. The lowest BCUT2D eigenvalue weighted by molar-refractivity contribution is 0.0727.